The van der Waals surface area contributed by atoms with Gasteiger partial charge in [0.2, 0.25) is 10.0 Å². The van der Waals surface area contributed by atoms with Gasteiger partial charge >= 0.3 is 0 Å². The third kappa shape index (κ3) is 4.56. The Morgan fingerprint density at radius 2 is 2.04 bits per heavy atom. The average molecular weight is 337 g/mol. The van der Waals surface area contributed by atoms with Gasteiger partial charge in [0.25, 0.3) is 0 Å². The Kier molecular flexibility index (Phi) is 5.79. The Labute approximate surface area is 137 Å². The number of aryl methyl sites for hydroxylation is 1. The molecule has 1 aromatic heterocycles. The number of aromatic nitrogens is 2. The lowest BCUT2D eigenvalue weighted by atomic mass is 10.0. The molecular formula is C16H23N3O3S. The summed E-state index contributed by atoms with van der Waals surface area (Å²) < 4.78 is 34.1. The van der Waals surface area contributed by atoms with Crippen molar-refractivity contribution in [2.24, 2.45) is 0 Å². The fourth-order valence-corrected chi connectivity index (χ4v) is 3.13. The molecule has 0 amide bonds. The summed E-state index contributed by atoms with van der Waals surface area (Å²) in [6, 6.07) is 7.79. The van der Waals surface area contributed by atoms with Crippen LogP contribution in [0.15, 0.2) is 41.6 Å². The van der Waals surface area contributed by atoms with Crippen molar-refractivity contribution in [2.45, 2.75) is 38.1 Å². The zero-order valence-corrected chi connectivity index (χ0v) is 14.5. The minimum atomic E-state index is -3.54. The first-order chi connectivity index (χ1) is 10.9. The van der Waals surface area contributed by atoms with Gasteiger partial charge in [-0.1, -0.05) is 32.0 Å². The molecule has 0 unspecified atom stereocenters. The van der Waals surface area contributed by atoms with Gasteiger partial charge < -0.3 is 4.74 Å². The van der Waals surface area contributed by atoms with Crippen molar-refractivity contribution in [3.63, 3.8) is 0 Å². The first-order valence-corrected chi connectivity index (χ1v) is 9.16. The topological polar surface area (TPSA) is 73.2 Å². The van der Waals surface area contributed by atoms with Crippen LogP contribution in [0.5, 0.6) is 5.75 Å². The number of rotatable bonds is 8. The number of hydrogen-bond donors (Lipinski definition) is 1. The molecule has 0 aliphatic heterocycles. The highest BCUT2D eigenvalue weighted by molar-refractivity contribution is 7.89. The van der Waals surface area contributed by atoms with E-state index in [-0.39, 0.29) is 18.0 Å². The smallest absolute Gasteiger partial charge is 0.243 e. The third-order valence-corrected chi connectivity index (χ3v) is 4.85. The van der Waals surface area contributed by atoms with Gasteiger partial charge in [0.15, 0.2) is 0 Å². The molecule has 2 rings (SSSR count). The molecule has 0 spiro atoms. The number of ether oxygens (including phenoxy) is 1. The first kappa shape index (κ1) is 17.5. The lowest BCUT2D eigenvalue weighted by Gasteiger charge is -2.14. The summed E-state index contributed by atoms with van der Waals surface area (Å²) in [4.78, 5) is 0.168. The van der Waals surface area contributed by atoms with Crippen molar-refractivity contribution < 1.29 is 13.2 Å². The summed E-state index contributed by atoms with van der Waals surface area (Å²) in [7, 11) is -3.54. The van der Waals surface area contributed by atoms with E-state index in [0.29, 0.717) is 12.5 Å². The standard InChI is InChI=1S/C16H23N3O3S/c1-4-19-12-14(11-17-19)23(20,21)18-9-10-22-16-8-6-5-7-15(16)13(2)3/h5-8,11-13,18H,4,9-10H2,1-3H3. The van der Waals surface area contributed by atoms with Crippen LogP contribution < -0.4 is 9.46 Å². The molecule has 0 fully saturated rings. The maximum atomic E-state index is 12.1. The second-order valence-electron chi connectivity index (χ2n) is 5.47. The van der Waals surface area contributed by atoms with Gasteiger partial charge in [0.1, 0.15) is 17.3 Å². The summed E-state index contributed by atoms with van der Waals surface area (Å²) in [5.41, 5.74) is 1.11. The van der Waals surface area contributed by atoms with Crippen LogP contribution in [0.25, 0.3) is 0 Å². The van der Waals surface area contributed by atoms with Crippen LogP contribution in [0.1, 0.15) is 32.3 Å². The summed E-state index contributed by atoms with van der Waals surface area (Å²) in [6.07, 6.45) is 2.86. The molecule has 0 bridgehead atoms. The summed E-state index contributed by atoms with van der Waals surface area (Å²) in [6.45, 7) is 7.19. The zero-order valence-electron chi connectivity index (χ0n) is 13.7. The van der Waals surface area contributed by atoms with E-state index >= 15 is 0 Å². The predicted octanol–water partition coefficient (Wildman–Crippen LogP) is 2.38. The van der Waals surface area contributed by atoms with Gasteiger partial charge in [-0.15, -0.1) is 0 Å². The molecule has 2 aromatic rings. The summed E-state index contributed by atoms with van der Waals surface area (Å²) in [5, 5.41) is 3.97. The van der Waals surface area contributed by atoms with E-state index < -0.39 is 10.0 Å². The largest absolute Gasteiger partial charge is 0.492 e. The fourth-order valence-electron chi connectivity index (χ4n) is 2.17. The van der Waals surface area contributed by atoms with Crippen molar-refractivity contribution in [1.29, 1.82) is 0 Å². The van der Waals surface area contributed by atoms with Gasteiger partial charge in [-0.3, -0.25) is 4.68 Å². The first-order valence-electron chi connectivity index (χ1n) is 7.68. The molecule has 126 valence electrons. The maximum absolute atomic E-state index is 12.1. The molecule has 1 heterocycles. The molecule has 0 radical (unpaired) electrons. The minimum Gasteiger partial charge on any atom is -0.492 e. The highest BCUT2D eigenvalue weighted by Gasteiger charge is 2.15. The van der Waals surface area contributed by atoms with Crippen LogP contribution in [0, 0.1) is 0 Å². The molecule has 7 heteroatoms. The van der Waals surface area contributed by atoms with Crippen molar-refractivity contribution in [2.75, 3.05) is 13.2 Å². The average Bonchev–Trinajstić information content (AvgIpc) is 3.02. The lowest BCUT2D eigenvalue weighted by Crippen LogP contribution is -2.28. The number of nitrogens with zero attached hydrogens (tertiary/aromatic N) is 2. The normalized spacial score (nSPS) is 11.8. The molecule has 23 heavy (non-hydrogen) atoms. The number of hydrogen-bond acceptors (Lipinski definition) is 4. The Morgan fingerprint density at radius 3 is 2.70 bits per heavy atom. The molecule has 0 saturated heterocycles. The molecule has 6 nitrogen and oxygen atoms in total. The minimum absolute atomic E-state index is 0.168. The van der Waals surface area contributed by atoms with Crippen LogP contribution in [-0.2, 0) is 16.6 Å². The van der Waals surface area contributed by atoms with Crippen molar-refractivity contribution in [3.8, 4) is 5.75 Å². The number of nitrogens with one attached hydrogen (secondary N) is 1. The lowest BCUT2D eigenvalue weighted by molar-refractivity contribution is 0.318. The number of sulfonamides is 1. The molecule has 0 saturated carbocycles. The highest BCUT2D eigenvalue weighted by Crippen LogP contribution is 2.25. The van der Waals surface area contributed by atoms with Gasteiger partial charge in [0.05, 0.1) is 6.20 Å². The Balaban J connectivity index is 1.90. The number of benzene rings is 1. The molecule has 0 aliphatic rings. The molecule has 0 atom stereocenters. The van der Waals surface area contributed by atoms with E-state index in [2.05, 4.69) is 23.7 Å². The Bertz CT molecular complexity index is 739. The predicted molar refractivity (Wildman–Crippen MR) is 89.1 cm³/mol. The second kappa shape index (κ2) is 7.61. The quantitative estimate of drug-likeness (QED) is 0.751. The third-order valence-electron chi connectivity index (χ3n) is 3.44. The van der Waals surface area contributed by atoms with Crippen LogP contribution >= 0.6 is 0 Å². The number of para-hydroxylation sites is 1. The summed E-state index contributed by atoms with van der Waals surface area (Å²) in [5.74, 6) is 1.14. The van der Waals surface area contributed by atoms with Crippen molar-refractivity contribution >= 4 is 10.0 Å². The SMILES string of the molecule is CCn1cc(S(=O)(=O)NCCOc2ccccc2C(C)C)cn1. The summed E-state index contributed by atoms with van der Waals surface area (Å²) >= 11 is 0. The van der Waals surface area contributed by atoms with E-state index in [9.17, 15) is 8.42 Å². The van der Waals surface area contributed by atoms with Gasteiger partial charge in [0, 0.05) is 19.3 Å². The van der Waals surface area contributed by atoms with E-state index in [1.807, 2.05) is 31.2 Å². The molecule has 1 N–H and O–H groups in total. The van der Waals surface area contributed by atoms with Gasteiger partial charge in [-0.2, -0.15) is 5.10 Å². The second-order valence-corrected chi connectivity index (χ2v) is 7.24. The van der Waals surface area contributed by atoms with Crippen LogP contribution in [0.3, 0.4) is 0 Å². The van der Waals surface area contributed by atoms with E-state index in [0.717, 1.165) is 11.3 Å². The molecule has 0 aliphatic carbocycles. The maximum Gasteiger partial charge on any atom is 0.243 e. The highest BCUT2D eigenvalue weighted by atomic mass is 32.2. The van der Waals surface area contributed by atoms with Crippen molar-refractivity contribution in [3.05, 3.63) is 42.2 Å². The van der Waals surface area contributed by atoms with Crippen LogP contribution in [-0.4, -0.2) is 31.3 Å². The monoisotopic (exact) mass is 337 g/mol. The van der Waals surface area contributed by atoms with Crippen LogP contribution in [0.4, 0.5) is 0 Å². The van der Waals surface area contributed by atoms with E-state index in [4.69, 9.17) is 4.74 Å². The Hall–Kier alpha value is -1.86. The zero-order chi connectivity index (χ0) is 16.9. The Morgan fingerprint density at radius 1 is 1.30 bits per heavy atom. The molecular weight excluding hydrogens is 314 g/mol. The van der Waals surface area contributed by atoms with Gasteiger partial charge in [-0.05, 0) is 24.5 Å². The van der Waals surface area contributed by atoms with E-state index in [1.54, 1.807) is 4.68 Å². The van der Waals surface area contributed by atoms with Crippen LogP contribution in [0.2, 0.25) is 0 Å². The van der Waals surface area contributed by atoms with Gasteiger partial charge in [-0.25, -0.2) is 13.1 Å². The fraction of sp³-hybridized carbons (Fsp3) is 0.438. The van der Waals surface area contributed by atoms with Crippen molar-refractivity contribution in [1.82, 2.24) is 14.5 Å². The molecule has 1 aromatic carbocycles. The van der Waals surface area contributed by atoms with E-state index in [1.165, 1.54) is 12.4 Å².